The van der Waals surface area contributed by atoms with Gasteiger partial charge in [-0.15, -0.1) is 0 Å². The zero-order valence-corrected chi connectivity index (χ0v) is 16.5. The van der Waals surface area contributed by atoms with Crippen LogP contribution in [0.5, 0.6) is 5.75 Å². The topological polar surface area (TPSA) is 135 Å². The Labute approximate surface area is 169 Å². The summed E-state index contributed by atoms with van der Waals surface area (Å²) in [6.45, 7) is 4.75. The van der Waals surface area contributed by atoms with Gasteiger partial charge in [0, 0.05) is 19.8 Å². The van der Waals surface area contributed by atoms with E-state index in [1.807, 2.05) is 6.07 Å². The highest BCUT2D eigenvalue weighted by Crippen LogP contribution is 2.31. The highest BCUT2D eigenvalue weighted by Gasteiger charge is 2.38. The van der Waals surface area contributed by atoms with Crippen LogP contribution in [0.25, 0.3) is 0 Å². The molecule has 29 heavy (non-hydrogen) atoms. The molecule has 1 unspecified atom stereocenters. The third-order valence-corrected chi connectivity index (χ3v) is 4.18. The fourth-order valence-electron chi connectivity index (χ4n) is 2.69. The van der Waals surface area contributed by atoms with Gasteiger partial charge in [-0.3, -0.25) is 9.59 Å². The quantitative estimate of drug-likeness (QED) is 0.394. The number of nitrogens with one attached hydrogen (secondary N) is 1. The summed E-state index contributed by atoms with van der Waals surface area (Å²) >= 11 is 0. The first-order valence-corrected chi connectivity index (χ1v) is 9.27. The molecule has 1 aromatic rings. The third-order valence-electron chi connectivity index (χ3n) is 4.18. The van der Waals surface area contributed by atoms with Crippen molar-refractivity contribution >= 4 is 25.0 Å². The molecule has 0 saturated carbocycles. The van der Waals surface area contributed by atoms with Crippen LogP contribution in [0.3, 0.4) is 0 Å². The molecule has 1 heterocycles. The number of ether oxygens (including phenoxy) is 2. The van der Waals surface area contributed by atoms with Gasteiger partial charge in [-0.25, -0.2) is 4.79 Å². The van der Waals surface area contributed by atoms with E-state index in [0.29, 0.717) is 5.56 Å². The van der Waals surface area contributed by atoms with Crippen LogP contribution < -0.4 is 9.97 Å². The van der Waals surface area contributed by atoms with E-state index in [2.05, 4.69) is 5.32 Å². The Balaban J connectivity index is 2.08. The van der Waals surface area contributed by atoms with Crippen molar-refractivity contribution in [3.05, 3.63) is 29.3 Å². The van der Waals surface area contributed by atoms with Crippen LogP contribution in [0.15, 0.2) is 18.2 Å². The predicted molar refractivity (Wildman–Crippen MR) is 101 cm³/mol. The number of rotatable bonds is 7. The van der Waals surface area contributed by atoms with Crippen LogP contribution >= 0.6 is 0 Å². The molecule has 9 nitrogen and oxygen atoms in total. The number of carbonyl (C=O) groups is 3. The molecule has 1 aromatic carbocycles. The molecule has 10 heteroatoms. The Kier molecular flexibility index (Phi) is 7.62. The zero-order chi connectivity index (χ0) is 21.6. The Morgan fingerprint density at radius 1 is 1.34 bits per heavy atom. The van der Waals surface area contributed by atoms with Crippen molar-refractivity contribution in [1.82, 2.24) is 5.32 Å². The number of esters is 2. The number of amides is 1. The number of benzene rings is 1. The van der Waals surface area contributed by atoms with E-state index < -0.39 is 31.3 Å². The molecule has 0 fully saturated rings. The molecule has 0 spiro atoms. The highest BCUT2D eigenvalue weighted by molar-refractivity contribution is 6.47. The normalized spacial score (nSPS) is 16.1. The van der Waals surface area contributed by atoms with Gasteiger partial charge in [-0.2, -0.15) is 5.26 Å². The minimum Gasteiger partial charge on any atom is -0.534 e. The molecule has 0 radical (unpaired) electrons. The molecule has 2 atom stereocenters. The van der Waals surface area contributed by atoms with Crippen molar-refractivity contribution in [3.8, 4) is 11.8 Å². The van der Waals surface area contributed by atoms with Crippen molar-refractivity contribution in [1.29, 1.82) is 5.26 Å². The maximum absolute atomic E-state index is 12.5. The molecule has 2 rings (SSSR count). The largest absolute Gasteiger partial charge is 0.547 e. The molecule has 154 valence electrons. The predicted octanol–water partition coefficient (Wildman–Crippen LogP) is 1.13. The molecule has 1 amide bonds. The van der Waals surface area contributed by atoms with Crippen LogP contribution in [0, 0.1) is 17.2 Å². The second-order valence-electron chi connectivity index (χ2n) is 6.90. The summed E-state index contributed by atoms with van der Waals surface area (Å²) in [5, 5.41) is 21.4. The van der Waals surface area contributed by atoms with Crippen molar-refractivity contribution < 1.29 is 33.5 Å². The monoisotopic (exact) mass is 402 g/mol. The summed E-state index contributed by atoms with van der Waals surface area (Å²) in [7, 11) is -1.38. The minimum absolute atomic E-state index is 0.0198. The van der Waals surface area contributed by atoms with Crippen molar-refractivity contribution in [3.63, 3.8) is 0 Å². The number of fused-ring (bicyclic) bond motifs is 1. The van der Waals surface area contributed by atoms with E-state index in [0.717, 1.165) is 0 Å². The van der Waals surface area contributed by atoms with E-state index in [4.69, 9.17) is 19.4 Å². The summed E-state index contributed by atoms with van der Waals surface area (Å²) in [5.41, 5.74) is 0.672. The molecular weight excluding hydrogens is 379 g/mol. The summed E-state index contributed by atoms with van der Waals surface area (Å²) in [6.07, 6.45) is -0.768. The van der Waals surface area contributed by atoms with E-state index in [1.165, 1.54) is 13.0 Å². The lowest BCUT2D eigenvalue weighted by Crippen LogP contribution is -2.53. The van der Waals surface area contributed by atoms with Crippen LogP contribution in [0.4, 0.5) is 0 Å². The SMILES string of the molecule is CC(OC(=O)c1cccc2c1OB(O)[C@@H](NC(=O)CCC#N)C2)OC(=O)C(C)C. The standard InChI is InChI=1S/C19H23BN2O7/c1-11(2)18(24)27-12(3)28-19(25)14-7-4-6-13-10-15(20(26)29-17(13)14)22-16(23)8-5-9-21/h4,6-7,11-12,15,26H,5,8,10H2,1-3H3,(H,22,23)/t12?,15-/m0/s1. The van der Waals surface area contributed by atoms with Gasteiger partial charge in [0.15, 0.2) is 0 Å². The fraction of sp³-hybridized carbons (Fsp3) is 0.474. The first-order chi connectivity index (χ1) is 13.7. The number of hydrogen-bond donors (Lipinski definition) is 2. The minimum atomic E-state index is -1.38. The number of carbonyl (C=O) groups excluding carboxylic acids is 3. The molecule has 0 bridgehead atoms. The van der Waals surface area contributed by atoms with Gasteiger partial charge in [0.25, 0.3) is 0 Å². The summed E-state index contributed by atoms with van der Waals surface area (Å²) in [6, 6.07) is 6.67. The summed E-state index contributed by atoms with van der Waals surface area (Å²) in [5.74, 6) is -2.57. The average Bonchev–Trinajstić information content (AvgIpc) is 2.66. The van der Waals surface area contributed by atoms with Gasteiger partial charge in [0.2, 0.25) is 12.2 Å². The average molecular weight is 402 g/mol. The Bertz CT molecular complexity index is 821. The van der Waals surface area contributed by atoms with E-state index >= 15 is 0 Å². The lowest BCUT2D eigenvalue weighted by molar-refractivity contribution is -0.169. The molecule has 1 aliphatic heterocycles. The van der Waals surface area contributed by atoms with Gasteiger partial charge in [0.1, 0.15) is 11.3 Å². The first kappa shape index (κ1) is 22.2. The van der Waals surface area contributed by atoms with E-state index in [-0.39, 0.29) is 42.4 Å². The molecule has 2 N–H and O–H groups in total. The molecule has 0 aliphatic carbocycles. The first-order valence-electron chi connectivity index (χ1n) is 9.27. The Hall–Kier alpha value is -3.06. The maximum atomic E-state index is 12.5. The smallest absolute Gasteiger partial charge is 0.534 e. The van der Waals surface area contributed by atoms with Crippen LogP contribution in [0.1, 0.15) is 49.5 Å². The van der Waals surface area contributed by atoms with Crippen molar-refractivity contribution in [2.24, 2.45) is 5.92 Å². The molecule has 0 aromatic heterocycles. The lowest BCUT2D eigenvalue weighted by Gasteiger charge is -2.29. The lowest BCUT2D eigenvalue weighted by atomic mass is 9.72. The van der Waals surface area contributed by atoms with Crippen molar-refractivity contribution in [2.45, 2.75) is 52.3 Å². The van der Waals surface area contributed by atoms with Crippen molar-refractivity contribution in [2.75, 3.05) is 0 Å². The molecular formula is C19H23BN2O7. The fourth-order valence-corrected chi connectivity index (χ4v) is 2.69. The van der Waals surface area contributed by atoms with E-state index in [1.54, 1.807) is 26.0 Å². The zero-order valence-electron chi connectivity index (χ0n) is 16.5. The van der Waals surface area contributed by atoms with Gasteiger partial charge in [-0.1, -0.05) is 26.0 Å². The summed E-state index contributed by atoms with van der Waals surface area (Å²) in [4.78, 5) is 35.9. The van der Waals surface area contributed by atoms with E-state index in [9.17, 15) is 19.4 Å². The molecule has 1 aliphatic rings. The second-order valence-corrected chi connectivity index (χ2v) is 6.90. The second kappa shape index (κ2) is 9.93. The van der Waals surface area contributed by atoms with Gasteiger partial charge < -0.3 is 24.5 Å². The third kappa shape index (κ3) is 5.96. The van der Waals surface area contributed by atoms with Crippen LogP contribution in [-0.4, -0.2) is 42.2 Å². The number of para-hydroxylation sites is 1. The van der Waals surface area contributed by atoms with Gasteiger partial charge in [0.05, 0.1) is 17.9 Å². The van der Waals surface area contributed by atoms with Crippen LogP contribution in [-0.2, 0) is 25.5 Å². The Morgan fingerprint density at radius 3 is 2.72 bits per heavy atom. The number of nitriles is 1. The number of hydrogen-bond acceptors (Lipinski definition) is 8. The van der Waals surface area contributed by atoms with Gasteiger partial charge in [-0.05, 0) is 18.1 Å². The number of nitrogens with zero attached hydrogens (tertiary/aromatic N) is 1. The Morgan fingerprint density at radius 2 is 2.07 bits per heavy atom. The van der Waals surface area contributed by atoms with Crippen LogP contribution in [0.2, 0.25) is 0 Å². The summed E-state index contributed by atoms with van der Waals surface area (Å²) < 4.78 is 15.6. The molecule has 0 saturated heterocycles. The highest BCUT2D eigenvalue weighted by atomic mass is 16.7. The van der Waals surface area contributed by atoms with Gasteiger partial charge >= 0.3 is 19.1 Å². The maximum Gasteiger partial charge on any atom is 0.547 e.